The standard InChI is InChI=1S/C13H10BrClN4/c1-7-3-2-4-10(11(7)14)19-12-9(18-13(19)16)5-8(15)6-17-12/h2-6H,1H3,(H2,16,18). The number of rotatable bonds is 1. The third-order valence-corrected chi connectivity index (χ3v) is 4.14. The first-order chi connectivity index (χ1) is 9.08. The van der Waals surface area contributed by atoms with E-state index in [2.05, 4.69) is 25.9 Å². The van der Waals surface area contributed by atoms with E-state index in [0.717, 1.165) is 15.7 Å². The number of halogens is 2. The molecule has 0 spiro atoms. The molecule has 0 saturated heterocycles. The Balaban J connectivity index is 2.36. The molecular weight excluding hydrogens is 328 g/mol. The number of aryl methyl sites for hydroxylation is 1. The second-order valence-corrected chi connectivity index (χ2v) is 5.44. The van der Waals surface area contributed by atoms with Crippen LogP contribution in [-0.4, -0.2) is 14.5 Å². The minimum Gasteiger partial charge on any atom is -0.369 e. The van der Waals surface area contributed by atoms with Crippen molar-refractivity contribution in [2.24, 2.45) is 0 Å². The van der Waals surface area contributed by atoms with Crippen LogP contribution in [0.2, 0.25) is 5.02 Å². The second-order valence-electron chi connectivity index (χ2n) is 4.21. The van der Waals surface area contributed by atoms with Gasteiger partial charge in [0.1, 0.15) is 5.52 Å². The quantitative estimate of drug-likeness (QED) is 0.736. The summed E-state index contributed by atoms with van der Waals surface area (Å²) in [5, 5.41) is 0.542. The highest BCUT2D eigenvalue weighted by Crippen LogP contribution is 2.30. The average molecular weight is 338 g/mol. The zero-order valence-corrected chi connectivity index (χ0v) is 12.4. The molecule has 2 heterocycles. The molecule has 0 radical (unpaired) electrons. The van der Waals surface area contributed by atoms with E-state index in [-0.39, 0.29) is 0 Å². The molecule has 3 rings (SSSR count). The number of anilines is 1. The van der Waals surface area contributed by atoms with Gasteiger partial charge in [0.15, 0.2) is 5.65 Å². The van der Waals surface area contributed by atoms with Crippen LogP contribution in [0.15, 0.2) is 34.9 Å². The van der Waals surface area contributed by atoms with Gasteiger partial charge in [0, 0.05) is 10.7 Å². The van der Waals surface area contributed by atoms with Gasteiger partial charge >= 0.3 is 0 Å². The molecule has 0 bridgehead atoms. The van der Waals surface area contributed by atoms with Crippen molar-refractivity contribution in [1.82, 2.24) is 14.5 Å². The average Bonchev–Trinajstić information content (AvgIpc) is 2.68. The van der Waals surface area contributed by atoms with E-state index in [9.17, 15) is 0 Å². The summed E-state index contributed by atoms with van der Waals surface area (Å²) in [5.74, 6) is 0.385. The highest BCUT2D eigenvalue weighted by Gasteiger charge is 2.14. The van der Waals surface area contributed by atoms with Crippen molar-refractivity contribution in [3.8, 4) is 5.69 Å². The summed E-state index contributed by atoms with van der Waals surface area (Å²) < 4.78 is 2.78. The number of nitrogens with two attached hydrogens (primary N) is 1. The highest BCUT2D eigenvalue weighted by atomic mass is 79.9. The van der Waals surface area contributed by atoms with Crippen LogP contribution >= 0.6 is 27.5 Å². The van der Waals surface area contributed by atoms with Gasteiger partial charge in [0.05, 0.1) is 10.7 Å². The number of hydrogen-bond donors (Lipinski definition) is 1. The Morgan fingerprint density at radius 3 is 2.95 bits per heavy atom. The smallest absolute Gasteiger partial charge is 0.207 e. The Kier molecular flexibility index (Phi) is 2.95. The molecule has 19 heavy (non-hydrogen) atoms. The minimum absolute atomic E-state index is 0.385. The molecule has 0 fully saturated rings. The summed E-state index contributed by atoms with van der Waals surface area (Å²) in [5.41, 5.74) is 9.40. The molecule has 1 aromatic carbocycles. The molecule has 2 N–H and O–H groups in total. The SMILES string of the molecule is Cc1cccc(-n2c(N)nc3cc(Cl)cnc32)c1Br. The lowest BCUT2D eigenvalue weighted by atomic mass is 10.2. The first-order valence-electron chi connectivity index (χ1n) is 5.63. The van der Waals surface area contributed by atoms with Gasteiger partial charge in [-0.15, -0.1) is 0 Å². The van der Waals surface area contributed by atoms with Crippen molar-refractivity contribution in [2.45, 2.75) is 6.92 Å². The third kappa shape index (κ3) is 1.99. The zero-order valence-electron chi connectivity index (χ0n) is 10.1. The van der Waals surface area contributed by atoms with Crippen LogP contribution in [0.4, 0.5) is 5.95 Å². The maximum Gasteiger partial charge on any atom is 0.207 e. The molecule has 4 nitrogen and oxygen atoms in total. The van der Waals surface area contributed by atoms with Gasteiger partial charge < -0.3 is 5.73 Å². The number of fused-ring (bicyclic) bond motifs is 1. The maximum atomic E-state index is 6.00. The molecule has 0 amide bonds. The number of imidazole rings is 1. The fraction of sp³-hybridized carbons (Fsp3) is 0.0769. The number of nitrogen functional groups attached to an aromatic ring is 1. The molecule has 0 atom stereocenters. The van der Waals surface area contributed by atoms with Crippen molar-refractivity contribution in [3.63, 3.8) is 0 Å². The topological polar surface area (TPSA) is 56.7 Å². The molecule has 0 aliphatic heterocycles. The number of benzene rings is 1. The number of nitrogens with zero attached hydrogens (tertiary/aromatic N) is 3. The fourth-order valence-corrected chi connectivity index (χ4v) is 2.59. The number of hydrogen-bond acceptors (Lipinski definition) is 3. The van der Waals surface area contributed by atoms with Crippen LogP contribution in [0.5, 0.6) is 0 Å². The maximum absolute atomic E-state index is 6.00. The van der Waals surface area contributed by atoms with E-state index in [1.165, 1.54) is 0 Å². The fourth-order valence-electron chi connectivity index (χ4n) is 2.00. The monoisotopic (exact) mass is 336 g/mol. The third-order valence-electron chi connectivity index (χ3n) is 2.90. The first-order valence-corrected chi connectivity index (χ1v) is 6.80. The Labute approximate surface area is 123 Å². The van der Waals surface area contributed by atoms with E-state index in [0.29, 0.717) is 22.1 Å². The molecule has 0 aliphatic rings. The summed E-state index contributed by atoms with van der Waals surface area (Å²) in [6, 6.07) is 7.70. The lowest BCUT2D eigenvalue weighted by Crippen LogP contribution is -2.02. The lowest BCUT2D eigenvalue weighted by molar-refractivity contribution is 1.07. The van der Waals surface area contributed by atoms with Crippen LogP contribution in [0.25, 0.3) is 16.9 Å². The van der Waals surface area contributed by atoms with Crippen molar-refractivity contribution >= 4 is 44.6 Å². The Morgan fingerprint density at radius 1 is 1.37 bits per heavy atom. The lowest BCUT2D eigenvalue weighted by Gasteiger charge is -2.10. The molecule has 2 aromatic heterocycles. The second kappa shape index (κ2) is 4.51. The van der Waals surface area contributed by atoms with E-state index < -0.39 is 0 Å². The summed E-state index contributed by atoms with van der Waals surface area (Å²) >= 11 is 9.50. The number of aromatic nitrogens is 3. The Bertz CT molecular complexity index is 782. The van der Waals surface area contributed by atoms with E-state index in [1.807, 2.05) is 29.7 Å². The van der Waals surface area contributed by atoms with Gasteiger partial charge in [-0.25, -0.2) is 9.97 Å². The van der Waals surface area contributed by atoms with Crippen molar-refractivity contribution in [3.05, 3.63) is 45.5 Å². The zero-order chi connectivity index (χ0) is 13.6. The van der Waals surface area contributed by atoms with Gasteiger partial charge in [-0.2, -0.15) is 0 Å². The highest BCUT2D eigenvalue weighted by molar-refractivity contribution is 9.10. The summed E-state index contributed by atoms with van der Waals surface area (Å²) in [7, 11) is 0. The molecule has 96 valence electrons. The molecule has 0 aliphatic carbocycles. The molecule has 0 unspecified atom stereocenters. The van der Waals surface area contributed by atoms with Gasteiger partial charge in [-0.3, -0.25) is 4.57 Å². The largest absolute Gasteiger partial charge is 0.369 e. The summed E-state index contributed by atoms with van der Waals surface area (Å²) in [6.07, 6.45) is 1.59. The molecular formula is C13H10BrClN4. The van der Waals surface area contributed by atoms with Gasteiger partial charge in [-0.05, 0) is 40.5 Å². The van der Waals surface area contributed by atoms with Crippen LogP contribution in [-0.2, 0) is 0 Å². The predicted octanol–water partition coefficient (Wildman–Crippen LogP) is 3.73. The first kappa shape index (κ1) is 12.4. The number of pyridine rings is 1. The summed E-state index contributed by atoms with van der Waals surface area (Å²) in [6.45, 7) is 2.02. The van der Waals surface area contributed by atoms with Gasteiger partial charge in [-0.1, -0.05) is 23.7 Å². The van der Waals surface area contributed by atoms with E-state index >= 15 is 0 Å². The van der Waals surface area contributed by atoms with Crippen molar-refractivity contribution < 1.29 is 0 Å². The van der Waals surface area contributed by atoms with Crippen molar-refractivity contribution in [1.29, 1.82) is 0 Å². The normalized spacial score (nSPS) is 11.1. The summed E-state index contributed by atoms with van der Waals surface area (Å²) in [4.78, 5) is 8.61. The van der Waals surface area contributed by atoms with Crippen LogP contribution in [0, 0.1) is 6.92 Å². The minimum atomic E-state index is 0.385. The van der Waals surface area contributed by atoms with Crippen LogP contribution in [0.3, 0.4) is 0 Å². The Hall–Kier alpha value is -1.59. The van der Waals surface area contributed by atoms with Crippen LogP contribution in [0.1, 0.15) is 5.56 Å². The molecule has 6 heteroatoms. The van der Waals surface area contributed by atoms with Gasteiger partial charge in [0.2, 0.25) is 5.95 Å². The predicted molar refractivity (Wildman–Crippen MR) is 80.7 cm³/mol. The van der Waals surface area contributed by atoms with E-state index in [4.69, 9.17) is 17.3 Å². The Morgan fingerprint density at radius 2 is 2.16 bits per heavy atom. The van der Waals surface area contributed by atoms with Crippen LogP contribution < -0.4 is 5.73 Å². The molecule has 0 saturated carbocycles. The van der Waals surface area contributed by atoms with Gasteiger partial charge in [0.25, 0.3) is 0 Å². The molecule has 3 aromatic rings. The van der Waals surface area contributed by atoms with E-state index in [1.54, 1.807) is 12.3 Å². The van der Waals surface area contributed by atoms with Crippen molar-refractivity contribution in [2.75, 3.05) is 5.73 Å².